The SMILES string of the molecule is O=C(O)CN(CCCNC(=O)c1cc(Br)cc(B(O)O)c1)CCCNC(=O)c1cc(Br)cc(B(O)O)c1. The van der Waals surface area contributed by atoms with Gasteiger partial charge in [-0.3, -0.25) is 19.3 Å². The van der Waals surface area contributed by atoms with Crippen molar-refractivity contribution in [2.24, 2.45) is 0 Å². The number of carbonyl (C=O) groups is 3. The average molecular weight is 643 g/mol. The Morgan fingerprint density at radius 2 is 1.14 bits per heavy atom. The maximum absolute atomic E-state index is 12.4. The van der Waals surface area contributed by atoms with Crippen LogP contribution in [0.1, 0.15) is 33.6 Å². The summed E-state index contributed by atoms with van der Waals surface area (Å²) in [5.74, 6) is -1.80. The summed E-state index contributed by atoms with van der Waals surface area (Å²) in [5.41, 5.74) is 0.847. The van der Waals surface area contributed by atoms with Gasteiger partial charge in [-0.2, -0.15) is 0 Å². The Balaban J connectivity index is 1.80. The van der Waals surface area contributed by atoms with Crippen LogP contribution in [0, 0.1) is 0 Å². The fourth-order valence-electron chi connectivity index (χ4n) is 3.46. The highest BCUT2D eigenvalue weighted by molar-refractivity contribution is 9.10. The van der Waals surface area contributed by atoms with Crippen molar-refractivity contribution in [2.75, 3.05) is 32.7 Å². The van der Waals surface area contributed by atoms with Crippen molar-refractivity contribution in [1.29, 1.82) is 0 Å². The molecule has 0 atom stereocenters. The van der Waals surface area contributed by atoms with Gasteiger partial charge in [-0.1, -0.05) is 31.9 Å². The number of carbonyl (C=O) groups excluding carboxylic acids is 2. The van der Waals surface area contributed by atoms with Crippen LogP contribution in [0.2, 0.25) is 0 Å². The monoisotopic (exact) mass is 641 g/mol. The van der Waals surface area contributed by atoms with Crippen molar-refractivity contribution in [3.8, 4) is 0 Å². The molecule has 0 aliphatic heterocycles. The molecular weight excluding hydrogens is 616 g/mol. The highest BCUT2D eigenvalue weighted by Gasteiger charge is 2.17. The van der Waals surface area contributed by atoms with E-state index in [2.05, 4.69) is 42.5 Å². The van der Waals surface area contributed by atoms with Crippen molar-refractivity contribution in [2.45, 2.75) is 12.8 Å². The number of carboxylic acid groups (broad SMARTS) is 1. The van der Waals surface area contributed by atoms with Crippen LogP contribution in [0.4, 0.5) is 0 Å². The first-order valence-electron chi connectivity index (χ1n) is 11.3. The summed E-state index contributed by atoms with van der Waals surface area (Å²) >= 11 is 6.45. The maximum atomic E-state index is 12.4. The van der Waals surface area contributed by atoms with Crippen molar-refractivity contribution < 1.29 is 39.6 Å². The first kappa shape index (κ1) is 31.0. The lowest BCUT2D eigenvalue weighted by atomic mass is 9.79. The number of nitrogens with one attached hydrogen (secondary N) is 2. The number of rotatable bonds is 14. The molecule has 7 N–H and O–H groups in total. The Morgan fingerprint density at radius 3 is 1.49 bits per heavy atom. The minimum Gasteiger partial charge on any atom is -0.480 e. The summed E-state index contributed by atoms with van der Waals surface area (Å²) in [5, 5.41) is 51.9. The van der Waals surface area contributed by atoms with Gasteiger partial charge in [0.1, 0.15) is 0 Å². The van der Waals surface area contributed by atoms with E-state index in [1.54, 1.807) is 17.0 Å². The number of amides is 2. The molecule has 2 aromatic carbocycles. The van der Waals surface area contributed by atoms with Crippen LogP contribution in [0.15, 0.2) is 45.3 Å². The fraction of sp³-hybridized carbons (Fsp3) is 0.318. The van der Waals surface area contributed by atoms with Gasteiger partial charge in [0.25, 0.3) is 11.8 Å². The van der Waals surface area contributed by atoms with E-state index in [0.717, 1.165) is 0 Å². The lowest BCUT2D eigenvalue weighted by molar-refractivity contribution is -0.138. The lowest BCUT2D eigenvalue weighted by Gasteiger charge is -2.20. The molecular formula is C22H27B2Br2N3O8. The summed E-state index contributed by atoms with van der Waals surface area (Å²) < 4.78 is 1.05. The third-order valence-corrected chi connectivity index (χ3v) is 6.11. The Bertz CT molecular complexity index is 1030. The van der Waals surface area contributed by atoms with Crippen molar-refractivity contribution in [3.63, 3.8) is 0 Å². The third kappa shape index (κ3) is 10.9. The molecule has 198 valence electrons. The van der Waals surface area contributed by atoms with E-state index in [0.29, 0.717) is 34.9 Å². The summed E-state index contributed by atoms with van der Waals surface area (Å²) in [7, 11) is -3.42. The number of benzene rings is 2. The standard InChI is InChI=1S/C22H27B2Br2N3O8/c25-18-9-14(7-16(11-18)23(34)35)21(32)27-3-1-5-29(13-20(30)31)6-2-4-28-22(33)15-8-17(24(36)37)12-19(26)10-15/h7-12,34-37H,1-6,13H2,(H,27,32)(H,28,33)(H,30,31). The second-order valence-electron chi connectivity index (χ2n) is 8.18. The predicted octanol–water partition coefficient (Wildman–Crippen LogP) is -1.10. The second kappa shape index (κ2) is 15.2. The molecule has 0 saturated heterocycles. The second-order valence-corrected chi connectivity index (χ2v) is 10.0. The molecule has 0 aromatic heterocycles. The van der Waals surface area contributed by atoms with Gasteiger partial charge in [0, 0.05) is 46.3 Å². The summed E-state index contributed by atoms with van der Waals surface area (Å²) in [6.45, 7) is 1.13. The maximum Gasteiger partial charge on any atom is 0.488 e. The molecule has 0 unspecified atom stereocenters. The number of halogens is 2. The Labute approximate surface area is 231 Å². The quantitative estimate of drug-likeness (QED) is 0.0995. The Morgan fingerprint density at radius 1 is 0.730 bits per heavy atom. The average Bonchev–Trinajstić information content (AvgIpc) is 2.82. The van der Waals surface area contributed by atoms with E-state index in [9.17, 15) is 39.6 Å². The molecule has 0 aliphatic rings. The summed E-state index contributed by atoms with van der Waals surface area (Å²) in [6, 6.07) is 8.82. The van der Waals surface area contributed by atoms with Crippen LogP contribution >= 0.6 is 31.9 Å². The van der Waals surface area contributed by atoms with Crippen LogP contribution in [-0.4, -0.2) is 94.8 Å². The molecule has 0 spiro atoms. The predicted molar refractivity (Wildman–Crippen MR) is 146 cm³/mol. The van der Waals surface area contributed by atoms with E-state index in [1.165, 1.54) is 24.3 Å². The molecule has 0 bridgehead atoms. The molecule has 11 nitrogen and oxygen atoms in total. The highest BCUT2D eigenvalue weighted by Crippen LogP contribution is 2.12. The zero-order valence-corrected chi connectivity index (χ0v) is 22.9. The molecule has 2 rings (SSSR count). The topological polar surface area (TPSA) is 180 Å². The van der Waals surface area contributed by atoms with Gasteiger partial charge in [0.2, 0.25) is 0 Å². The number of hydrogen-bond donors (Lipinski definition) is 7. The fourth-order valence-corrected chi connectivity index (χ4v) is 4.48. The van der Waals surface area contributed by atoms with E-state index in [4.69, 9.17) is 0 Å². The van der Waals surface area contributed by atoms with E-state index in [-0.39, 0.29) is 41.7 Å². The first-order chi connectivity index (χ1) is 17.5. The van der Waals surface area contributed by atoms with Gasteiger partial charge in [-0.05, 0) is 60.2 Å². The van der Waals surface area contributed by atoms with Gasteiger partial charge in [-0.25, -0.2) is 0 Å². The van der Waals surface area contributed by atoms with Crippen LogP contribution in [0.5, 0.6) is 0 Å². The summed E-state index contributed by atoms with van der Waals surface area (Å²) in [6.07, 6.45) is 0.943. The smallest absolute Gasteiger partial charge is 0.480 e. The number of carboxylic acids is 1. The van der Waals surface area contributed by atoms with Crippen LogP contribution in [-0.2, 0) is 4.79 Å². The first-order valence-corrected chi connectivity index (χ1v) is 12.9. The van der Waals surface area contributed by atoms with Crippen LogP contribution in [0.3, 0.4) is 0 Å². The van der Waals surface area contributed by atoms with Crippen LogP contribution in [0.25, 0.3) is 0 Å². The van der Waals surface area contributed by atoms with Gasteiger partial charge in [0.15, 0.2) is 0 Å². The van der Waals surface area contributed by atoms with E-state index < -0.39 is 32.0 Å². The highest BCUT2D eigenvalue weighted by atomic mass is 79.9. The molecule has 0 fully saturated rings. The zero-order valence-electron chi connectivity index (χ0n) is 19.7. The molecule has 15 heteroatoms. The third-order valence-electron chi connectivity index (χ3n) is 5.19. The molecule has 0 aliphatic carbocycles. The molecule has 2 aromatic rings. The van der Waals surface area contributed by atoms with Gasteiger partial charge in [-0.15, -0.1) is 0 Å². The Hall–Kier alpha value is -2.26. The van der Waals surface area contributed by atoms with Gasteiger partial charge in [0.05, 0.1) is 6.54 Å². The molecule has 37 heavy (non-hydrogen) atoms. The lowest BCUT2D eigenvalue weighted by Crippen LogP contribution is -2.36. The van der Waals surface area contributed by atoms with Crippen molar-refractivity contribution in [3.05, 3.63) is 56.5 Å². The minimum atomic E-state index is -1.71. The van der Waals surface area contributed by atoms with E-state index >= 15 is 0 Å². The number of nitrogens with zero attached hydrogens (tertiary/aromatic N) is 1. The van der Waals surface area contributed by atoms with E-state index in [1.807, 2.05) is 0 Å². The molecule has 2 amide bonds. The largest absolute Gasteiger partial charge is 0.488 e. The number of aliphatic carboxylic acids is 1. The summed E-state index contributed by atoms with van der Waals surface area (Å²) in [4.78, 5) is 37.7. The van der Waals surface area contributed by atoms with Gasteiger partial charge >= 0.3 is 20.2 Å². The normalized spacial score (nSPS) is 10.8. The van der Waals surface area contributed by atoms with Crippen molar-refractivity contribution in [1.82, 2.24) is 15.5 Å². The zero-order chi connectivity index (χ0) is 27.5. The number of hydrogen-bond acceptors (Lipinski definition) is 8. The Kier molecular flexibility index (Phi) is 12.7. The minimum absolute atomic E-state index is 0.172. The molecule has 0 radical (unpaired) electrons. The van der Waals surface area contributed by atoms with Crippen LogP contribution < -0.4 is 21.6 Å². The van der Waals surface area contributed by atoms with Crippen molar-refractivity contribution >= 4 is 74.8 Å². The van der Waals surface area contributed by atoms with Gasteiger partial charge < -0.3 is 35.8 Å². The molecule has 0 saturated carbocycles. The molecule has 0 heterocycles.